The molecule has 76 valence electrons. The van der Waals surface area contributed by atoms with Crippen LogP contribution in [0.25, 0.3) is 0 Å². The topological polar surface area (TPSA) is 12.0 Å². The fraction of sp³-hybridized carbons (Fsp3) is 0.538. The van der Waals surface area contributed by atoms with Crippen molar-refractivity contribution in [3.8, 4) is 0 Å². The Bertz CT molecular complexity index is 304. The van der Waals surface area contributed by atoms with E-state index < -0.39 is 0 Å². The van der Waals surface area contributed by atoms with Gasteiger partial charge in [0.1, 0.15) is 0 Å². The summed E-state index contributed by atoms with van der Waals surface area (Å²) in [6.45, 7) is 6.75. The molecule has 1 fully saturated rings. The van der Waals surface area contributed by atoms with Gasteiger partial charge in [-0.15, -0.1) is 0 Å². The van der Waals surface area contributed by atoms with Gasteiger partial charge in [-0.1, -0.05) is 44.2 Å². The summed E-state index contributed by atoms with van der Waals surface area (Å²) in [7, 11) is 0. The Morgan fingerprint density at radius 1 is 1.29 bits per heavy atom. The van der Waals surface area contributed by atoms with E-state index in [0.29, 0.717) is 17.5 Å². The highest BCUT2D eigenvalue weighted by Gasteiger charge is 2.50. The van der Waals surface area contributed by atoms with Gasteiger partial charge in [0, 0.05) is 17.5 Å². The third kappa shape index (κ3) is 1.83. The normalized spacial score (nSPS) is 30.7. The van der Waals surface area contributed by atoms with Crippen LogP contribution >= 0.6 is 0 Å². The monoisotopic (exact) mass is 189 g/mol. The standard InChI is InChI=1S/C13H19N/c1-10(2)14-13(3)9-12(13)11-7-5-4-6-8-11/h4-8,10,12,14H,9H2,1-3H3/t12-,13+/m0/s1. The molecule has 0 bridgehead atoms. The second-order valence-electron chi connectivity index (χ2n) is 4.88. The molecule has 0 spiro atoms. The molecule has 1 heteroatoms. The van der Waals surface area contributed by atoms with E-state index >= 15 is 0 Å². The van der Waals surface area contributed by atoms with Crippen LogP contribution in [0.2, 0.25) is 0 Å². The third-order valence-corrected chi connectivity index (χ3v) is 3.06. The summed E-state index contributed by atoms with van der Waals surface area (Å²) in [5.41, 5.74) is 1.82. The lowest BCUT2D eigenvalue weighted by atomic mass is 10.1. The predicted octanol–water partition coefficient (Wildman–Crippen LogP) is 2.93. The summed E-state index contributed by atoms with van der Waals surface area (Å²) in [5, 5.41) is 3.64. The molecule has 1 aromatic rings. The van der Waals surface area contributed by atoms with E-state index in [2.05, 4.69) is 56.4 Å². The van der Waals surface area contributed by atoms with Crippen molar-refractivity contribution in [2.75, 3.05) is 0 Å². The molecule has 1 N–H and O–H groups in total. The summed E-state index contributed by atoms with van der Waals surface area (Å²) in [6.07, 6.45) is 1.27. The highest BCUT2D eigenvalue weighted by atomic mass is 15.1. The highest BCUT2D eigenvalue weighted by molar-refractivity contribution is 5.32. The molecule has 0 amide bonds. The quantitative estimate of drug-likeness (QED) is 0.771. The van der Waals surface area contributed by atoms with Crippen molar-refractivity contribution in [3.63, 3.8) is 0 Å². The first-order valence-corrected chi connectivity index (χ1v) is 5.44. The molecule has 0 unspecified atom stereocenters. The molecule has 1 aromatic carbocycles. The van der Waals surface area contributed by atoms with E-state index in [1.165, 1.54) is 12.0 Å². The fourth-order valence-corrected chi connectivity index (χ4v) is 2.36. The van der Waals surface area contributed by atoms with Gasteiger partial charge in [0.2, 0.25) is 0 Å². The Labute approximate surface area is 86.5 Å². The van der Waals surface area contributed by atoms with Crippen LogP contribution in [0.4, 0.5) is 0 Å². The van der Waals surface area contributed by atoms with Crippen LogP contribution in [0.1, 0.15) is 38.7 Å². The molecule has 1 saturated carbocycles. The lowest BCUT2D eigenvalue weighted by Crippen LogP contribution is -2.35. The van der Waals surface area contributed by atoms with E-state index in [9.17, 15) is 0 Å². The van der Waals surface area contributed by atoms with Crippen LogP contribution in [0.15, 0.2) is 30.3 Å². The van der Waals surface area contributed by atoms with E-state index in [1.54, 1.807) is 0 Å². The van der Waals surface area contributed by atoms with Gasteiger partial charge in [-0.25, -0.2) is 0 Å². The first-order chi connectivity index (χ1) is 6.62. The minimum Gasteiger partial charge on any atom is -0.309 e. The Kier molecular flexibility index (Phi) is 2.36. The number of rotatable bonds is 3. The van der Waals surface area contributed by atoms with Gasteiger partial charge in [0.05, 0.1) is 0 Å². The summed E-state index contributed by atoms with van der Waals surface area (Å²) in [5.74, 6) is 0.714. The van der Waals surface area contributed by atoms with E-state index in [0.717, 1.165) is 0 Å². The first-order valence-electron chi connectivity index (χ1n) is 5.44. The Balaban J connectivity index is 2.05. The van der Waals surface area contributed by atoms with Crippen molar-refractivity contribution in [3.05, 3.63) is 35.9 Å². The molecule has 14 heavy (non-hydrogen) atoms. The maximum Gasteiger partial charge on any atom is 0.0231 e. The Morgan fingerprint density at radius 3 is 2.50 bits per heavy atom. The van der Waals surface area contributed by atoms with Gasteiger partial charge in [0.15, 0.2) is 0 Å². The minimum atomic E-state index is 0.343. The van der Waals surface area contributed by atoms with Crippen molar-refractivity contribution < 1.29 is 0 Å². The molecular weight excluding hydrogens is 170 g/mol. The summed E-state index contributed by atoms with van der Waals surface area (Å²) >= 11 is 0. The van der Waals surface area contributed by atoms with Crippen LogP contribution in [0.3, 0.4) is 0 Å². The predicted molar refractivity (Wildman–Crippen MR) is 60.5 cm³/mol. The maximum absolute atomic E-state index is 3.64. The van der Waals surface area contributed by atoms with Crippen molar-refractivity contribution in [1.82, 2.24) is 5.32 Å². The number of hydrogen-bond acceptors (Lipinski definition) is 1. The molecule has 1 nitrogen and oxygen atoms in total. The van der Waals surface area contributed by atoms with Crippen LogP contribution in [0.5, 0.6) is 0 Å². The van der Waals surface area contributed by atoms with Gasteiger partial charge in [-0.05, 0) is 18.9 Å². The van der Waals surface area contributed by atoms with E-state index in [4.69, 9.17) is 0 Å². The average Bonchev–Trinajstić information content (AvgIpc) is 2.77. The number of nitrogens with one attached hydrogen (secondary N) is 1. The van der Waals surface area contributed by atoms with Crippen LogP contribution in [-0.4, -0.2) is 11.6 Å². The van der Waals surface area contributed by atoms with Gasteiger partial charge in [-0.3, -0.25) is 0 Å². The summed E-state index contributed by atoms with van der Waals surface area (Å²) < 4.78 is 0. The van der Waals surface area contributed by atoms with Gasteiger partial charge in [0.25, 0.3) is 0 Å². The second kappa shape index (κ2) is 3.39. The molecule has 1 aliphatic rings. The second-order valence-corrected chi connectivity index (χ2v) is 4.88. The molecule has 0 radical (unpaired) electrons. The number of hydrogen-bond donors (Lipinski definition) is 1. The fourth-order valence-electron chi connectivity index (χ4n) is 2.36. The van der Waals surface area contributed by atoms with E-state index in [1.807, 2.05) is 0 Å². The van der Waals surface area contributed by atoms with Crippen molar-refractivity contribution in [1.29, 1.82) is 0 Å². The zero-order valence-corrected chi connectivity index (χ0v) is 9.25. The molecule has 0 aliphatic heterocycles. The van der Waals surface area contributed by atoms with Crippen LogP contribution < -0.4 is 5.32 Å². The van der Waals surface area contributed by atoms with E-state index in [-0.39, 0.29) is 0 Å². The molecule has 0 aromatic heterocycles. The largest absolute Gasteiger partial charge is 0.309 e. The lowest BCUT2D eigenvalue weighted by molar-refractivity contribution is 0.466. The molecular formula is C13H19N. The summed E-state index contributed by atoms with van der Waals surface area (Å²) in [6, 6.07) is 11.4. The Morgan fingerprint density at radius 2 is 1.93 bits per heavy atom. The zero-order valence-electron chi connectivity index (χ0n) is 9.25. The average molecular weight is 189 g/mol. The van der Waals surface area contributed by atoms with Crippen molar-refractivity contribution in [2.24, 2.45) is 0 Å². The van der Waals surface area contributed by atoms with Crippen molar-refractivity contribution >= 4 is 0 Å². The maximum atomic E-state index is 3.64. The highest BCUT2D eigenvalue weighted by Crippen LogP contribution is 2.51. The molecule has 0 saturated heterocycles. The lowest BCUT2D eigenvalue weighted by Gasteiger charge is -2.17. The third-order valence-electron chi connectivity index (χ3n) is 3.06. The molecule has 2 atom stereocenters. The van der Waals surface area contributed by atoms with Crippen LogP contribution in [-0.2, 0) is 0 Å². The van der Waals surface area contributed by atoms with Crippen molar-refractivity contribution in [2.45, 2.75) is 44.7 Å². The minimum absolute atomic E-state index is 0.343. The molecule has 2 rings (SSSR count). The SMILES string of the molecule is CC(C)N[C@]1(C)C[C@H]1c1ccccc1. The zero-order chi connectivity index (χ0) is 10.2. The molecule has 1 aliphatic carbocycles. The van der Waals surface area contributed by atoms with Gasteiger partial charge < -0.3 is 5.32 Å². The Hall–Kier alpha value is -0.820. The smallest absolute Gasteiger partial charge is 0.0231 e. The molecule has 0 heterocycles. The van der Waals surface area contributed by atoms with Gasteiger partial charge in [-0.2, -0.15) is 0 Å². The van der Waals surface area contributed by atoms with Crippen LogP contribution in [0, 0.1) is 0 Å². The summed E-state index contributed by atoms with van der Waals surface area (Å²) in [4.78, 5) is 0. The first kappa shape index (κ1) is 9.72. The number of benzene rings is 1. The van der Waals surface area contributed by atoms with Gasteiger partial charge >= 0.3 is 0 Å².